The molecular formula is C21H16N2O3. The predicted octanol–water partition coefficient (Wildman–Crippen LogP) is 4.45. The molecule has 0 spiro atoms. The average Bonchev–Trinajstić information content (AvgIpc) is 3.09. The smallest absolute Gasteiger partial charge is 0.275 e. The molecule has 26 heavy (non-hydrogen) atoms. The summed E-state index contributed by atoms with van der Waals surface area (Å²) in [7, 11) is 0. The van der Waals surface area contributed by atoms with Crippen molar-refractivity contribution in [2.75, 3.05) is 0 Å². The van der Waals surface area contributed by atoms with E-state index in [0.29, 0.717) is 11.5 Å². The summed E-state index contributed by atoms with van der Waals surface area (Å²) in [6.45, 7) is 1.75. The van der Waals surface area contributed by atoms with Crippen LogP contribution in [0.5, 0.6) is 5.75 Å². The van der Waals surface area contributed by atoms with Gasteiger partial charge in [-0.3, -0.25) is 4.79 Å². The molecule has 0 aliphatic carbocycles. The molecule has 0 aliphatic heterocycles. The normalized spacial score (nSPS) is 11.8. The molecule has 128 valence electrons. The lowest BCUT2D eigenvalue weighted by Gasteiger charge is -2.06. The van der Waals surface area contributed by atoms with Crippen molar-refractivity contribution in [2.24, 2.45) is 5.10 Å². The minimum Gasteiger partial charge on any atom is -0.507 e. The van der Waals surface area contributed by atoms with Crippen LogP contribution in [0, 0.1) is 0 Å². The van der Waals surface area contributed by atoms with Crippen molar-refractivity contribution in [3.05, 3.63) is 78.1 Å². The molecule has 0 radical (unpaired) electrons. The van der Waals surface area contributed by atoms with Gasteiger partial charge in [0.1, 0.15) is 17.0 Å². The van der Waals surface area contributed by atoms with E-state index >= 15 is 0 Å². The Morgan fingerprint density at radius 3 is 2.35 bits per heavy atom. The molecule has 3 aromatic carbocycles. The zero-order chi connectivity index (χ0) is 18.1. The monoisotopic (exact) mass is 344 g/mol. The van der Waals surface area contributed by atoms with Gasteiger partial charge in [0.2, 0.25) is 0 Å². The van der Waals surface area contributed by atoms with E-state index in [-0.39, 0.29) is 11.3 Å². The van der Waals surface area contributed by atoms with E-state index in [1.54, 1.807) is 19.1 Å². The second-order valence-electron chi connectivity index (χ2n) is 6.00. The van der Waals surface area contributed by atoms with Crippen LogP contribution >= 0.6 is 0 Å². The quantitative estimate of drug-likeness (QED) is 0.426. The van der Waals surface area contributed by atoms with Crippen molar-refractivity contribution in [3.8, 4) is 5.75 Å². The lowest BCUT2D eigenvalue weighted by molar-refractivity contribution is 0.0952. The molecule has 0 aliphatic rings. The highest BCUT2D eigenvalue weighted by Gasteiger charge is 2.13. The maximum absolute atomic E-state index is 12.4. The number of amides is 1. The number of aromatic hydroxyl groups is 1. The van der Waals surface area contributed by atoms with Gasteiger partial charge < -0.3 is 9.52 Å². The molecule has 4 rings (SSSR count). The van der Waals surface area contributed by atoms with Crippen molar-refractivity contribution in [3.63, 3.8) is 0 Å². The fraction of sp³-hybridized carbons (Fsp3) is 0.0476. The molecule has 0 unspecified atom stereocenters. The Bertz CT molecular complexity index is 1130. The Balaban J connectivity index is 1.59. The van der Waals surface area contributed by atoms with E-state index in [2.05, 4.69) is 10.5 Å². The summed E-state index contributed by atoms with van der Waals surface area (Å²) in [5, 5.41) is 16.9. The van der Waals surface area contributed by atoms with Crippen LogP contribution in [-0.2, 0) is 0 Å². The summed E-state index contributed by atoms with van der Waals surface area (Å²) in [5.41, 5.74) is 3.94. The van der Waals surface area contributed by atoms with E-state index in [4.69, 9.17) is 4.42 Å². The van der Waals surface area contributed by atoms with E-state index in [0.717, 1.165) is 21.7 Å². The summed E-state index contributed by atoms with van der Waals surface area (Å²) in [5.74, 6) is 0.00994. The Kier molecular flexibility index (Phi) is 3.89. The van der Waals surface area contributed by atoms with Crippen LogP contribution in [0.1, 0.15) is 23.0 Å². The summed E-state index contributed by atoms with van der Waals surface area (Å²) in [4.78, 5) is 12.4. The number of carbonyl (C=O) groups excluding carboxylic acids is 1. The number of benzene rings is 3. The van der Waals surface area contributed by atoms with Crippen LogP contribution < -0.4 is 5.43 Å². The highest BCUT2D eigenvalue weighted by Crippen LogP contribution is 2.25. The van der Waals surface area contributed by atoms with Gasteiger partial charge in [0.15, 0.2) is 5.76 Å². The molecular weight excluding hydrogens is 328 g/mol. The van der Waals surface area contributed by atoms with Gasteiger partial charge in [-0.2, -0.15) is 5.10 Å². The second-order valence-corrected chi connectivity index (χ2v) is 6.00. The van der Waals surface area contributed by atoms with E-state index in [9.17, 15) is 9.90 Å². The first kappa shape index (κ1) is 15.9. The van der Waals surface area contributed by atoms with E-state index in [1.165, 1.54) is 0 Å². The van der Waals surface area contributed by atoms with Crippen molar-refractivity contribution >= 4 is 33.4 Å². The topological polar surface area (TPSA) is 74.8 Å². The molecule has 1 heterocycles. The molecule has 1 amide bonds. The number of nitrogens with zero attached hydrogens (tertiary/aromatic N) is 1. The number of nitrogens with one attached hydrogen (secondary N) is 1. The summed E-state index contributed by atoms with van der Waals surface area (Å²) >= 11 is 0. The third-order valence-electron chi connectivity index (χ3n) is 4.22. The zero-order valence-corrected chi connectivity index (χ0v) is 14.1. The van der Waals surface area contributed by atoms with Crippen LogP contribution in [0.4, 0.5) is 0 Å². The van der Waals surface area contributed by atoms with Gasteiger partial charge in [0.25, 0.3) is 5.91 Å². The molecule has 0 saturated heterocycles. The van der Waals surface area contributed by atoms with Crippen molar-refractivity contribution < 1.29 is 14.3 Å². The maximum Gasteiger partial charge on any atom is 0.275 e. The van der Waals surface area contributed by atoms with Crippen LogP contribution in [0.25, 0.3) is 21.7 Å². The first-order valence-corrected chi connectivity index (χ1v) is 8.17. The highest BCUT2D eigenvalue weighted by atomic mass is 16.3. The Morgan fingerprint density at radius 2 is 1.62 bits per heavy atom. The minimum atomic E-state index is -0.483. The number of phenolic OH excluding ortho intramolecular Hbond substituents is 1. The number of hydrogen-bond donors (Lipinski definition) is 2. The molecule has 0 bridgehead atoms. The summed E-state index contributed by atoms with van der Waals surface area (Å²) in [6.07, 6.45) is 0. The lowest BCUT2D eigenvalue weighted by Crippen LogP contribution is -2.19. The number of rotatable bonds is 3. The average molecular weight is 344 g/mol. The first-order chi connectivity index (χ1) is 12.6. The lowest BCUT2D eigenvalue weighted by atomic mass is 10.1. The predicted molar refractivity (Wildman–Crippen MR) is 102 cm³/mol. The van der Waals surface area contributed by atoms with Crippen molar-refractivity contribution in [2.45, 2.75) is 6.92 Å². The van der Waals surface area contributed by atoms with Gasteiger partial charge in [-0.05, 0) is 42.0 Å². The number of furan rings is 1. The number of para-hydroxylation sites is 1. The molecule has 5 heteroatoms. The highest BCUT2D eigenvalue weighted by molar-refractivity contribution is 6.04. The second kappa shape index (κ2) is 6.37. The summed E-state index contributed by atoms with van der Waals surface area (Å²) < 4.78 is 5.72. The van der Waals surface area contributed by atoms with Gasteiger partial charge in [-0.15, -0.1) is 0 Å². The van der Waals surface area contributed by atoms with Gasteiger partial charge in [0.05, 0.1) is 5.56 Å². The van der Waals surface area contributed by atoms with Gasteiger partial charge >= 0.3 is 0 Å². The van der Waals surface area contributed by atoms with Gasteiger partial charge in [-0.1, -0.05) is 42.5 Å². The number of hydrogen-bond acceptors (Lipinski definition) is 4. The Hall–Kier alpha value is -3.60. The molecule has 0 saturated carbocycles. The van der Waals surface area contributed by atoms with E-state index < -0.39 is 5.91 Å². The molecule has 0 atom stereocenters. The number of phenols is 1. The van der Waals surface area contributed by atoms with Gasteiger partial charge in [0, 0.05) is 5.39 Å². The largest absolute Gasteiger partial charge is 0.507 e. The molecule has 4 aromatic rings. The maximum atomic E-state index is 12.4. The summed E-state index contributed by atoms with van der Waals surface area (Å²) in [6, 6.07) is 20.2. The number of hydrazone groups is 1. The van der Waals surface area contributed by atoms with Crippen molar-refractivity contribution in [1.29, 1.82) is 0 Å². The number of carbonyl (C=O) groups is 1. The first-order valence-electron chi connectivity index (χ1n) is 8.17. The standard InChI is InChI=1S/C21H16N2O3/c1-13(20-12-16-8-4-5-9-19(16)26-20)22-23-21(25)17-10-14-6-2-3-7-15(14)11-18(17)24/h2-12,24H,1H3,(H,23,25)/b22-13-. The fourth-order valence-electron chi connectivity index (χ4n) is 2.82. The Morgan fingerprint density at radius 1 is 0.962 bits per heavy atom. The van der Waals surface area contributed by atoms with Gasteiger partial charge in [-0.25, -0.2) is 5.43 Å². The zero-order valence-electron chi connectivity index (χ0n) is 14.1. The molecule has 0 fully saturated rings. The van der Waals surface area contributed by atoms with Crippen LogP contribution in [0.3, 0.4) is 0 Å². The minimum absolute atomic E-state index is 0.0854. The van der Waals surface area contributed by atoms with Crippen molar-refractivity contribution in [1.82, 2.24) is 5.43 Å². The van der Waals surface area contributed by atoms with Crippen LogP contribution in [0.15, 0.2) is 76.2 Å². The third-order valence-corrected chi connectivity index (χ3v) is 4.22. The van der Waals surface area contributed by atoms with Crippen LogP contribution in [-0.4, -0.2) is 16.7 Å². The van der Waals surface area contributed by atoms with Crippen LogP contribution in [0.2, 0.25) is 0 Å². The van der Waals surface area contributed by atoms with E-state index in [1.807, 2.05) is 54.6 Å². The SMILES string of the molecule is C/C(=N/NC(=O)c1cc2ccccc2cc1O)c1cc2ccccc2o1. The molecule has 1 aromatic heterocycles. The fourth-order valence-corrected chi connectivity index (χ4v) is 2.82. The third kappa shape index (κ3) is 2.91. The molecule has 5 nitrogen and oxygen atoms in total. The number of fused-ring (bicyclic) bond motifs is 2. The Labute approximate surface area is 149 Å². The molecule has 2 N–H and O–H groups in total.